The molecule has 2 rings (SSSR count). The molecule has 1 heterocycles. The minimum Gasteiger partial charge on any atom is -0.336 e. The molecule has 0 aliphatic carbocycles. The van der Waals surface area contributed by atoms with Gasteiger partial charge in [-0.05, 0) is 50.6 Å². The van der Waals surface area contributed by atoms with Crippen molar-refractivity contribution in [2.45, 2.75) is 32.2 Å². The Balaban J connectivity index is 0.00000200. The number of nitrogens with zero attached hydrogens (tertiary/aromatic N) is 1. The predicted octanol–water partition coefficient (Wildman–Crippen LogP) is 3.48. The lowest BCUT2D eigenvalue weighted by Gasteiger charge is -2.34. The molecule has 1 amide bonds. The van der Waals surface area contributed by atoms with E-state index in [1.807, 2.05) is 24.3 Å². The third-order valence-electron chi connectivity index (χ3n) is 3.55. The molecular formula is C15H22BrClN2O. The zero-order chi connectivity index (χ0) is 13.7. The summed E-state index contributed by atoms with van der Waals surface area (Å²) in [6, 6.07) is 8.06. The average Bonchev–Trinajstić information content (AvgIpc) is 2.45. The van der Waals surface area contributed by atoms with Crippen molar-refractivity contribution in [1.82, 2.24) is 10.2 Å². The van der Waals surface area contributed by atoms with Crippen molar-refractivity contribution in [1.29, 1.82) is 0 Å². The van der Waals surface area contributed by atoms with Gasteiger partial charge in [-0.15, -0.1) is 12.4 Å². The zero-order valence-corrected chi connectivity index (χ0v) is 14.2. The molecule has 0 atom stereocenters. The number of rotatable bonds is 4. The quantitative estimate of drug-likeness (QED) is 0.890. The summed E-state index contributed by atoms with van der Waals surface area (Å²) in [6.45, 7) is 4.99. The maximum absolute atomic E-state index is 12.7. The molecule has 3 nitrogen and oxygen atoms in total. The van der Waals surface area contributed by atoms with E-state index in [2.05, 4.69) is 33.1 Å². The van der Waals surface area contributed by atoms with Crippen LogP contribution in [0.25, 0.3) is 0 Å². The van der Waals surface area contributed by atoms with Gasteiger partial charge in [-0.2, -0.15) is 0 Å². The lowest BCUT2D eigenvalue weighted by Crippen LogP contribution is -2.46. The summed E-state index contributed by atoms with van der Waals surface area (Å²) < 4.78 is 0.958. The van der Waals surface area contributed by atoms with Crippen LogP contribution in [0.2, 0.25) is 0 Å². The Hall–Kier alpha value is -0.580. The first-order valence-electron chi connectivity index (χ1n) is 6.99. The molecule has 0 bridgehead atoms. The molecule has 1 aromatic carbocycles. The first-order chi connectivity index (χ1) is 9.22. The molecule has 5 heteroatoms. The number of amides is 1. The third kappa shape index (κ3) is 4.47. The van der Waals surface area contributed by atoms with Crippen molar-refractivity contribution in [2.24, 2.45) is 0 Å². The van der Waals surface area contributed by atoms with Crippen molar-refractivity contribution >= 4 is 34.2 Å². The summed E-state index contributed by atoms with van der Waals surface area (Å²) in [5.41, 5.74) is 0.779. The Labute approximate surface area is 135 Å². The highest BCUT2D eigenvalue weighted by atomic mass is 79.9. The number of hydrogen-bond acceptors (Lipinski definition) is 2. The number of hydrogen-bond donors (Lipinski definition) is 1. The Kier molecular flexibility index (Phi) is 7.56. The highest BCUT2D eigenvalue weighted by Crippen LogP contribution is 2.18. The summed E-state index contributed by atoms with van der Waals surface area (Å²) in [5, 5.41) is 3.35. The minimum absolute atomic E-state index is 0. The molecule has 0 radical (unpaired) electrons. The summed E-state index contributed by atoms with van der Waals surface area (Å²) in [4.78, 5) is 14.7. The fraction of sp³-hybridized carbons (Fsp3) is 0.533. The fourth-order valence-corrected chi connectivity index (χ4v) is 3.00. The second-order valence-corrected chi connectivity index (χ2v) is 5.91. The standard InChI is InChI=1S/C15H21BrN2O.ClH/c1-2-10-18(14-6-8-17-9-7-14)15(19)12-4-3-5-13(16)11-12;/h3-5,11,14,17H,2,6-10H2,1H3;1H. The number of carbonyl (C=O) groups excluding carboxylic acids is 1. The summed E-state index contributed by atoms with van der Waals surface area (Å²) in [5.74, 6) is 0.162. The van der Waals surface area contributed by atoms with Crippen LogP contribution in [-0.4, -0.2) is 36.5 Å². The molecule has 1 aromatic rings. The normalized spacial score (nSPS) is 15.5. The Morgan fingerprint density at radius 3 is 2.70 bits per heavy atom. The van der Waals surface area contributed by atoms with Gasteiger partial charge < -0.3 is 10.2 Å². The van der Waals surface area contributed by atoms with E-state index in [1.54, 1.807) is 0 Å². The van der Waals surface area contributed by atoms with Crippen LogP contribution in [0.1, 0.15) is 36.5 Å². The van der Waals surface area contributed by atoms with E-state index in [4.69, 9.17) is 0 Å². The third-order valence-corrected chi connectivity index (χ3v) is 4.04. The van der Waals surface area contributed by atoms with E-state index in [9.17, 15) is 4.79 Å². The van der Waals surface area contributed by atoms with Crippen molar-refractivity contribution in [3.05, 3.63) is 34.3 Å². The van der Waals surface area contributed by atoms with E-state index in [-0.39, 0.29) is 18.3 Å². The first kappa shape index (κ1) is 17.5. The van der Waals surface area contributed by atoms with E-state index in [1.165, 1.54) is 0 Å². The second kappa shape index (κ2) is 8.65. The van der Waals surface area contributed by atoms with Crippen LogP contribution >= 0.6 is 28.3 Å². The van der Waals surface area contributed by atoms with Gasteiger partial charge in [0, 0.05) is 22.6 Å². The van der Waals surface area contributed by atoms with Crippen molar-refractivity contribution < 1.29 is 4.79 Å². The van der Waals surface area contributed by atoms with Crippen LogP contribution in [-0.2, 0) is 0 Å². The number of halogens is 2. The predicted molar refractivity (Wildman–Crippen MR) is 88.6 cm³/mol. The van der Waals surface area contributed by atoms with Gasteiger partial charge >= 0.3 is 0 Å². The van der Waals surface area contributed by atoms with Crippen LogP contribution in [0.4, 0.5) is 0 Å². The molecule has 1 saturated heterocycles. The lowest BCUT2D eigenvalue weighted by molar-refractivity contribution is 0.0642. The number of carbonyl (C=O) groups is 1. The van der Waals surface area contributed by atoms with Crippen LogP contribution in [0.3, 0.4) is 0 Å². The molecule has 20 heavy (non-hydrogen) atoms. The number of nitrogens with one attached hydrogen (secondary N) is 1. The van der Waals surface area contributed by atoms with Gasteiger partial charge in [0.05, 0.1) is 0 Å². The van der Waals surface area contributed by atoms with E-state index in [0.29, 0.717) is 6.04 Å². The smallest absolute Gasteiger partial charge is 0.254 e. The van der Waals surface area contributed by atoms with Gasteiger partial charge in [-0.1, -0.05) is 28.9 Å². The van der Waals surface area contributed by atoms with Gasteiger partial charge in [0.15, 0.2) is 0 Å². The minimum atomic E-state index is 0. The SMILES string of the molecule is CCCN(C(=O)c1cccc(Br)c1)C1CCNCC1.Cl. The maximum Gasteiger partial charge on any atom is 0.254 e. The van der Waals surface area contributed by atoms with Crippen molar-refractivity contribution in [3.8, 4) is 0 Å². The van der Waals surface area contributed by atoms with Gasteiger partial charge in [0.25, 0.3) is 5.91 Å². The molecular weight excluding hydrogens is 340 g/mol. The number of piperidine rings is 1. The largest absolute Gasteiger partial charge is 0.336 e. The van der Waals surface area contributed by atoms with Crippen LogP contribution in [0.15, 0.2) is 28.7 Å². The van der Waals surface area contributed by atoms with E-state index < -0.39 is 0 Å². The van der Waals surface area contributed by atoms with Crippen LogP contribution < -0.4 is 5.32 Å². The summed E-state index contributed by atoms with van der Waals surface area (Å²) in [7, 11) is 0. The first-order valence-corrected chi connectivity index (χ1v) is 7.79. The monoisotopic (exact) mass is 360 g/mol. The Morgan fingerprint density at radius 1 is 1.40 bits per heavy atom. The van der Waals surface area contributed by atoms with E-state index in [0.717, 1.165) is 48.9 Å². The van der Waals surface area contributed by atoms with Gasteiger partial charge in [-0.25, -0.2) is 0 Å². The second-order valence-electron chi connectivity index (χ2n) is 4.99. The summed E-state index contributed by atoms with van der Waals surface area (Å²) in [6.07, 6.45) is 3.11. The molecule has 0 unspecified atom stereocenters. The molecule has 1 fully saturated rings. The van der Waals surface area contributed by atoms with E-state index >= 15 is 0 Å². The molecule has 0 saturated carbocycles. The maximum atomic E-state index is 12.7. The molecule has 1 aliphatic heterocycles. The zero-order valence-electron chi connectivity index (χ0n) is 11.8. The van der Waals surface area contributed by atoms with Crippen molar-refractivity contribution in [3.63, 3.8) is 0 Å². The van der Waals surface area contributed by atoms with Crippen molar-refractivity contribution in [2.75, 3.05) is 19.6 Å². The molecule has 1 N–H and O–H groups in total. The van der Waals surface area contributed by atoms with Gasteiger partial charge in [0.2, 0.25) is 0 Å². The Bertz CT molecular complexity index is 436. The Morgan fingerprint density at radius 2 is 2.10 bits per heavy atom. The van der Waals surface area contributed by atoms with Gasteiger partial charge in [-0.3, -0.25) is 4.79 Å². The molecule has 112 valence electrons. The van der Waals surface area contributed by atoms with Crippen LogP contribution in [0, 0.1) is 0 Å². The highest BCUT2D eigenvalue weighted by Gasteiger charge is 2.25. The van der Waals surface area contributed by atoms with Gasteiger partial charge in [0.1, 0.15) is 0 Å². The topological polar surface area (TPSA) is 32.3 Å². The average molecular weight is 362 g/mol. The number of benzene rings is 1. The summed E-state index contributed by atoms with van der Waals surface area (Å²) >= 11 is 3.43. The van der Waals surface area contributed by atoms with Crippen LogP contribution in [0.5, 0.6) is 0 Å². The molecule has 1 aliphatic rings. The fourth-order valence-electron chi connectivity index (χ4n) is 2.60. The lowest BCUT2D eigenvalue weighted by atomic mass is 10.0. The molecule has 0 aromatic heterocycles. The highest BCUT2D eigenvalue weighted by molar-refractivity contribution is 9.10. The molecule has 0 spiro atoms.